The van der Waals surface area contributed by atoms with Gasteiger partial charge in [0.05, 0.1) is 17.0 Å². The maximum absolute atomic E-state index is 11.9. The number of carbonyl (C=O) groups excluding carboxylic acids is 1. The molecule has 0 bridgehead atoms. The number of halogens is 2. The fourth-order valence-electron chi connectivity index (χ4n) is 1.96. The molecule has 3 rings (SSSR count). The van der Waals surface area contributed by atoms with E-state index in [9.17, 15) is 4.79 Å². The van der Waals surface area contributed by atoms with Crippen LogP contribution in [0.15, 0.2) is 36.4 Å². The van der Waals surface area contributed by atoms with Crippen molar-refractivity contribution in [1.82, 2.24) is 4.98 Å². The summed E-state index contributed by atoms with van der Waals surface area (Å²) in [6.45, 7) is 0. The van der Waals surface area contributed by atoms with E-state index in [4.69, 9.17) is 23.2 Å². The van der Waals surface area contributed by atoms with Crippen molar-refractivity contribution in [3.05, 3.63) is 57.8 Å². The number of rotatable bonds is 1. The zero-order valence-electron chi connectivity index (χ0n) is 9.65. The SMILES string of the molecule is O=C1Nc2cc(Cl)ccc2C1=Cc1cccc(Cl)n1. The zero-order chi connectivity index (χ0) is 13.4. The van der Waals surface area contributed by atoms with Crippen LogP contribution in [0.2, 0.25) is 10.2 Å². The van der Waals surface area contributed by atoms with Crippen molar-refractivity contribution in [2.45, 2.75) is 0 Å². The Morgan fingerprint density at radius 3 is 2.79 bits per heavy atom. The minimum atomic E-state index is -0.168. The molecule has 0 atom stereocenters. The van der Waals surface area contributed by atoms with Gasteiger partial charge in [-0.1, -0.05) is 35.3 Å². The number of benzene rings is 1. The van der Waals surface area contributed by atoms with Crippen LogP contribution in [0.1, 0.15) is 11.3 Å². The number of hydrogen-bond donors (Lipinski definition) is 1. The van der Waals surface area contributed by atoms with E-state index in [1.807, 2.05) is 6.07 Å². The Labute approximate surface area is 119 Å². The summed E-state index contributed by atoms with van der Waals surface area (Å²) in [5.41, 5.74) is 2.73. The summed E-state index contributed by atoms with van der Waals surface area (Å²) < 4.78 is 0. The molecule has 1 aliphatic heterocycles. The van der Waals surface area contributed by atoms with Crippen molar-refractivity contribution in [2.75, 3.05) is 5.32 Å². The molecule has 0 saturated heterocycles. The second kappa shape index (κ2) is 4.68. The Bertz CT molecular complexity index is 710. The number of carbonyl (C=O) groups is 1. The van der Waals surface area contributed by atoms with Crippen LogP contribution < -0.4 is 5.32 Å². The van der Waals surface area contributed by atoms with Gasteiger partial charge in [0.1, 0.15) is 5.15 Å². The second-order valence-electron chi connectivity index (χ2n) is 4.09. The lowest BCUT2D eigenvalue weighted by molar-refractivity contribution is -0.110. The van der Waals surface area contributed by atoms with Crippen LogP contribution in [-0.4, -0.2) is 10.9 Å². The normalized spacial score (nSPS) is 15.5. The minimum Gasteiger partial charge on any atom is -0.321 e. The van der Waals surface area contributed by atoms with Crippen LogP contribution in [-0.2, 0) is 4.79 Å². The molecule has 0 saturated carbocycles. The first kappa shape index (κ1) is 12.2. The van der Waals surface area contributed by atoms with Gasteiger partial charge in [0.25, 0.3) is 5.91 Å². The van der Waals surface area contributed by atoms with Gasteiger partial charge in [0.2, 0.25) is 0 Å². The maximum atomic E-state index is 11.9. The van der Waals surface area contributed by atoms with Crippen molar-refractivity contribution >= 4 is 46.4 Å². The number of amides is 1. The molecule has 0 aliphatic carbocycles. The lowest BCUT2D eigenvalue weighted by Gasteiger charge is -1.99. The fraction of sp³-hybridized carbons (Fsp3) is 0. The summed E-state index contributed by atoms with van der Waals surface area (Å²) in [6, 6.07) is 10.6. The highest BCUT2D eigenvalue weighted by atomic mass is 35.5. The molecule has 0 unspecified atom stereocenters. The molecule has 94 valence electrons. The molecule has 0 radical (unpaired) electrons. The van der Waals surface area contributed by atoms with Crippen LogP contribution >= 0.6 is 23.2 Å². The van der Waals surface area contributed by atoms with Gasteiger partial charge in [-0.3, -0.25) is 4.79 Å². The van der Waals surface area contributed by atoms with E-state index in [1.165, 1.54) is 0 Å². The zero-order valence-corrected chi connectivity index (χ0v) is 11.2. The van der Waals surface area contributed by atoms with Crippen LogP contribution in [0, 0.1) is 0 Å². The van der Waals surface area contributed by atoms with Crippen LogP contribution in [0.5, 0.6) is 0 Å². The van der Waals surface area contributed by atoms with Crippen LogP contribution in [0.4, 0.5) is 5.69 Å². The summed E-state index contributed by atoms with van der Waals surface area (Å²) in [5, 5.41) is 3.75. The molecule has 19 heavy (non-hydrogen) atoms. The molecule has 1 amide bonds. The number of nitrogens with zero attached hydrogens (tertiary/aromatic N) is 1. The lowest BCUT2D eigenvalue weighted by Crippen LogP contribution is -2.03. The number of nitrogens with one attached hydrogen (secondary N) is 1. The van der Waals surface area contributed by atoms with Crippen molar-refractivity contribution in [2.24, 2.45) is 0 Å². The molecular formula is C14H8Cl2N2O. The van der Waals surface area contributed by atoms with E-state index < -0.39 is 0 Å². The fourth-order valence-corrected chi connectivity index (χ4v) is 2.30. The third-order valence-electron chi connectivity index (χ3n) is 2.79. The first-order valence-corrected chi connectivity index (χ1v) is 6.34. The maximum Gasteiger partial charge on any atom is 0.256 e. The largest absolute Gasteiger partial charge is 0.321 e. The first-order valence-electron chi connectivity index (χ1n) is 5.59. The average Bonchev–Trinajstić information content (AvgIpc) is 2.65. The number of aromatic nitrogens is 1. The summed E-state index contributed by atoms with van der Waals surface area (Å²) in [4.78, 5) is 16.1. The number of fused-ring (bicyclic) bond motifs is 1. The van der Waals surface area contributed by atoms with E-state index in [-0.39, 0.29) is 5.91 Å². The number of anilines is 1. The van der Waals surface area contributed by atoms with Gasteiger partial charge < -0.3 is 5.32 Å². The van der Waals surface area contributed by atoms with Gasteiger partial charge in [0.15, 0.2) is 0 Å². The second-order valence-corrected chi connectivity index (χ2v) is 4.91. The quantitative estimate of drug-likeness (QED) is 0.640. The monoisotopic (exact) mass is 290 g/mol. The summed E-state index contributed by atoms with van der Waals surface area (Å²) in [6.07, 6.45) is 1.71. The molecule has 3 nitrogen and oxygen atoms in total. The van der Waals surface area contributed by atoms with Crippen molar-refractivity contribution in [3.63, 3.8) is 0 Å². The third-order valence-corrected chi connectivity index (χ3v) is 3.24. The highest BCUT2D eigenvalue weighted by Gasteiger charge is 2.24. The van der Waals surface area contributed by atoms with Crippen LogP contribution in [0.3, 0.4) is 0 Å². The molecule has 0 spiro atoms. The Hall–Kier alpha value is -1.84. The molecular weight excluding hydrogens is 283 g/mol. The molecule has 5 heteroatoms. The predicted octanol–water partition coefficient (Wildman–Crippen LogP) is 3.88. The van der Waals surface area contributed by atoms with Gasteiger partial charge >= 0.3 is 0 Å². The van der Waals surface area contributed by atoms with E-state index in [0.717, 1.165) is 5.56 Å². The van der Waals surface area contributed by atoms with Crippen molar-refractivity contribution in [1.29, 1.82) is 0 Å². The van der Waals surface area contributed by atoms with Crippen molar-refractivity contribution in [3.8, 4) is 0 Å². The summed E-state index contributed by atoms with van der Waals surface area (Å²) in [7, 11) is 0. The average molecular weight is 291 g/mol. The molecule has 2 aromatic rings. The molecule has 1 aliphatic rings. The van der Waals surface area contributed by atoms with Gasteiger partial charge in [0, 0.05) is 10.6 Å². The third kappa shape index (κ3) is 2.35. The lowest BCUT2D eigenvalue weighted by atomic mass is 10.1. The van der Waals surface area contributed by atoms with E-state index in [0.29, 0.717) is 27.1 Å². The highest BCUT2D eigenvalue weighted by Crippen LogP contribution is 2.34. The van der Waals surface area contributed by atoms with Gasteiger partial charge in [-0.05, 0) is 30.3 Å². The van der Waals surface area contributed by atoms with Crippen LogP contribution in [0.25, 0.3) is 11.6 Å². The molecule has 1 aromatic carbocycles. The Kier molecular flexibility index (Phi) is 3.01. The Morgan fingerprint density at radius 2 is 2.00 bits per heavy atom. The smallest absolute Gasteiger partial charge is 0.256 e. The van der Waals surface area contributed by atoms with E-state index in [2.05, 4.69) is 10.3 Å². The van der Waals surface area contributed by atoms with Gasteiger partial charge in [-0.2, -0.15) is 0 Å². The summed E-state index contributed by atoms with van der Waals surface area (Å²) >= 11 is 11.7. The van der Waals surface area contributed by atoms with E-state index in [1.54, 1.807) is 36.4 Å². The van der Waals surface area contributed by atoms with E-state index >= 15 is 0 Å². The highest BCUT2D eigenvalue weighted by molar-refractivity contribution is 6.36. The van der Waals surface area contributed by atoms with Gasteiger partial charge in [-0.25, -0.2) is 4.98 Å². The molecule has 1 aromatic heterocycles. The summed E-state index contributed by atoms with van der Waals surface area (Å²) in [5.74, 6) is -0.168. The molecule has 1 N–H and O–H groups in total. The number of hydrogen-bond acceptors (Lipinski definition) is 2. The topological polar surface area (TPSA) is 42.0 Å². The molecule has 0 fully saturated rings. The van der Waals surface area contributed by atoms with Crippen molar-refractivity contribution < 1.29 is 4.79 Å². The first-order chi connectivity index (χ1) is 9.13. The minimum absolute atomic E-state index is 0.168. The Morgan fingerprint density at radius 1 is 1.16 bits per heavy atom. The standard InChI is InChI=1S/C14H8Cl2N2O/c15-8-4-5-10-11(14(19)18-12(10)6-8)7-9-2-1-3-13(16)17-9/h1-7H,(H,18,19). The predicted molar refractivity (Wildman–Crippen MR) is 77.2 cm³/mol. The van der Waals surface area contributed by atoms with Gasteiger partial charge in [-0.15, -0.1) is 0 Å². The molecule has 2 heterocycles. The Balaban J connectivity index is 2.09. The number of pyridine rings is 1.